The maximum absolute atomic E-state index is 13.0. The fourth-order valence-electron chi connectivity index (χ4n) is 4.20. The molecule has 0 spiro atoms. The average molecular weight is 544 g/mol. The van der Waals surface area contributed by atoms with Crippen LogP contribution in [0.4, 0.5) is 0 Å². The Kier molecular flexibility index (Phi) is 14.5. The molecule has 0 aliphatic heterocycles. The minimum Gasteiger partial charge on any atom is -0.493 e. The van der Waals surface area contributed by atoms with Crippen molar-refractivity contribution in [1.82, 2.24) is 10.6 Å². The Hall–Kier alpha value is -2.98. The molecule has 0 saturated carbocycles. The lowest BCUT2D eigenvalue weighted by Gasteiger charge is -2.28. The number of nitrogens with one attached hydrogen (secondary N) is 2. The largest absolute Gasteiger partial charge is 0.493 e. The number of methoxy groups -OCH3 is 2. The first kappa shape index (κ1) is 32.2. The van der Waals surface area contributed by atoms with Gasteiger partial charge in [0.2, 0.25) is 0 Å². The van der Waals surface area contributed by atoms with E-state index in [1.165, 1.54) is 7.11 Å². The van der Waals surface area contributed by atoms with Crippen molar-refractivity contribution in [2.24, 2.45) is 17.6 Å². The van der Waals surface area contributed by atoms with Gasteiger partial charge in [0, 0.05) is 40.0 Å². The van der Waals surface area contributed by atoms with Gasteiger partial charge in [-0.25, -0.2) is 0 Å². The van der Waals surface area contributed by atoms with Crippen LogP contribution in [0.1, 0.15) is 55.1 Å². The summed E-state index contributed by atoms with van der Waals surface area (Å²) in [7, 11) is 3.13. The third kappa shape index (κ3) is 11.0. The molecule has 2 amide bonds. The lowest BCUT2D eigenvalue weighted by molar-refractivity contribution is -0.132. The van der Waals surface area contributed by atoms with Crippen molar-refractivity contribution < 1.29 is 28.9 Å². The summed E-state index contributed by atoms with van der Waals surface area (Å²) < 4.78 is 16.2. The van der Waals surface area contributed by atoms with Gasteiger partial charge in [-0.05, 0) is 48.8 Å². The van der Waals surface area contributed by atoms with Gasteiger partial charge in [0.25, 0.3) is 11.8 Å². The van der Waals surface area contributed by atoms with Gasteiger partial charge >= 0.3 is 0 Å². The molecule has 9 heteroatoms. The highest BCUT2D eigenvalue weighted by atomic mass is 16.5. The predicted molar refractivity (Wildman–Crippen MR) is 152 cm³/mol. The zero-order chi connectivity index (χ0) is 28.6. The van der Waals surface area contributed by atoms with Crippen molar-refractivity contribution in [2.45, 2.75) is 51.4 Å². The average Bonchev–Trinajstić information content (AvgIpc) is 2.94. The fraction of sp³-hybridized carbons (Fsp3) is 0.533. The molecule has 9 nitrogen and oxygen atoms in total. The Morgan fingerprint density at radius 3 is 2.26 bits per heavy atom. The number of rotatable bonds is 18. The molecule has 39 heavy (non-hydrogen) atoms. The van der Waals surface area contributed by atoms with E-state index in [1.807, 2.05) is 36.4 Å². The molecule has 4 unspecified atom stereocenters. The van der Waals surface area contributed by atoms with E-state index in [0.717, 1.165) is 18.4 Å². The maximum atomic E-state index is 13.0. The van der Waals surface area contributed by atoms with Gasteiger partial charge in [0.1, 0.15) is 5.75 Å². The Balaban J connectivity index is 1.87. The number of unbranched alkanes of at least 4 members (excludes halogenated alkanes) is 1. The monoisotopic (exact) mass is 543 g/mol. The summed E-state index contributed by atoms with van der Waals surface area (Å²) in [6, 6.07) is 15.7. The summed E-state index contributed by atoms with van der Waals surface area (Å²) in [5.41, 5.74) is 7.52. The lowest BCUT2D eigenvalue weighted by atomic mass is 9.87. The van der Waals surface area contributed by atoms with Crippen molar-refractivity contribution in [3.8, 4) is 5.75 Å². The van der Waals surface area contributed by atoms with E-state index in [-0.39, 0.29) is 30.2 Å². The van der Waals surface area contributed by atoms with Crippen LogP contribution in [0.15, 0.2) is 54.6 Å². The quantitative estimate of drug-likeness (QED) is 0.213. The number of hydrogen-bond acceptors (Lipinski definition) is 7. The van der Waals surface area contributed by atoms with Gasteiger partial charge in [-0.3, -0.25) is 9.59 Å². The number of hydrogen-bond donors (Lipinski definition) is 4. The molecule has 0 bridgehead atoms. The van der Waals surface area contributed by atoms with Gasteiger partial charge in [-0.2, -0.15) is 0 Å². The molecule has 0 radical (unpaired) electrons. The van der Waals surface area contributed by atoms with Gasteiger partial charge in [0.05, 0.1) is 18.3 Å². The van der Waals surface area contributed by atoms with Crippen LogP contribution in [0.2, 0.25) is 0 Å². The third-order valence-electron chi connectivity index (χ3n) is 6.73. The molecular weight excluding hydrogens is 498 g/mol. The number of carbonyl (C=O) groups is 2. The highest BCUT2D eigenvalue weighted by molar-refractivity contribution is 5.96. The molecule has 0 saturated heterocycles. The second-order valence-corrected chi connectivity index (χ2v) is 10.00. The first-order valence-electron chi connectivity index (χ1n) is 13.6. The molecule has 0 aliphatic rings. The molecule has 0 aromatic heterocycles. The SMILES string of the molecule is COCCCCOc1ccccc1C(=O)NCC(CC(N)C(O)CNC(=O)C(OC)c1ccccc1)C(C)C. The normalized spacial score (nSPS) is 14.3. The Labute approximate surface area is 232 Å². The van der Waals surface area contributed by atoms with Gasteiger partial charge in [-0.1, -0.05) is 56.3 Å². The molecule has 2 aromatic carbocycles. The van der Waals surface area contributed by atoms with E-state index >= 15 is 0 Å². The van der Waals surface area contributed by atoms with Crippen molar-refractivity contribution in [3.05, 3.63) is 65.7 Å². The van der Waals surface area contributed by atoms with E-state index < -0.39 is 18.2 Å². The van der Waals surface area contributed by atoms with Crippen LogP contribution in [0, 0.1) is 11.8 Å². The van der Waals surface area contributed by atoms with Crippen LogP contribution in [-0.2, 0) is 14.3 Å². The highest BCUT2D eigenvalue weighted by Gasteiger charge is 2.25. The van der Waals surface area contributed by atoms with Crippen molar-refractivity contribution in [1.29, 1.82) is 0 Å². The van der Waals surface area contributed by atoms with Crippen LogP contribution in [0.5, 0.6) is 5.75 Å². The van der Waals surface area contributed by atoms with Crippen molar-refractivity contribution >= 4 is 11.8 Å². The third-order valence-corrected chi connectivity index (χ3v) is 6.73. The van der Waals surface area contributed by atoms with E-state index in [4.69, 9.17) is 19.9 Å². The lowest BCUT2D eigenvalue weighted by Crippen LogP contribution is -2.46. The molecule has 0 aliphatic carbocycles. The van der Waals surface area contributed by atoms with Crippen LogP contribution >= 0.6 is 0 Å². The Morgan fingerprint density at radius 1 is 0.923 bits per heavy atom. The number of amides is 2. The number of aliphatic hydroxyl groups excluding tert-OH is 1. The summed E-state index contributed by atoms with van der Waals surface area (Å²) in [5.74, 6) is 0.207. The number of carbonyl (C=O) groups excluding carboxylic acids is 2. The highest BCUT2D eigenvalue weighted by Crippen LogP contribution is 2.21. The Morgan fingerprint density at radius 2 is 1.59 bits per heavy atom. The molecule has 0 fully saturated rings. The van der Waals surface area contributed by atoms with Crippen LogP contribution in [0.25, 0.3) is 0 Å². The molecular formula is C30H45N3O6. The minimum absolute atomic E-state index is 0.00103. The number of ether oxygens (including phenoxy) is 3. The molecule has 2 aromatic rings. The summed E-state index contributed by atoms with van der Waals surface area (Å²) in [4.78, 5) is 25.6. The summed E-state index contributed by atoms with van der Waals surface area (Å²) in [6.07, 6.45) is 0.463. The first-order valence-corrected chi connectivity index (χ1v) is 13.6. The zero-order valence-corrected chi connectivity index (χ0v) is 23.6. The van der Waals surface area contributed by atoms with Gasteiger partial charge in [0.15, 0.2) is 6.10 Å². The van der Waals surface area contributed by atoms with Crippen molar-refractivity contribution in [3.63, 3.8) is 0 Å². The van der Waals surface area contributed by atoms with Crippen molar-refractivity contribution in [2.75, 3.05) is 40.5 Å². The standard InChI is InChI=1S/C30H45N3O6/c1-21(2)23(19-32-29(35)24-14-8-9-15-27(24)39-17-11-10-16-37-3)18-25(31)26(34)20-33-30(36)28(38-4)22-12-6-5-7-13-22/h5-9,12-15,21,23,25-26,28,34H,10-11,16-20,31H2,1-4H3,(H,32,35)(H,33,36). The fourth-order valence-corrected chi connectivity index (χ4v) is 4.20. The first-order chi connectivity index (χ1) is 18.8. The molecule has 2 rings (SSSR count). The van der Waals surface area contributed by atoms with Gasteiger partial charge in [-0.15, -0.1) is 0 Å². The van der Waals surface area contributed by atoms with E-state index in [0.29, 0.717) is 37.5 Å². The maximum Gasteiger partial charge on any atom is 0.255 e. The summed E-state index contributed by atoms with van der Waals surface area (Å²) >= 11 is 0. The molecule has 216 valence electrons. The molecule has 5 N–H and O–H groups in total. The number of aliphatic hydroxyl groups is 1. The van der Waals surface area contributed by atoms with E-state index in [9.17, 15) is 14.7 Å². The topological polar surface area (TPSA) is 132 Å². The zero-order valence-electron chi connectivity index (χ0n) is 23.6. The second-order valence-electron chi connectivity index (χ2n) is 10.00. The predicted octanol–water partition coefficient (Wildman–Crippen LogP) is 3.08. The van der Waals surface area contributed by atoms with Crippen LogP contribution in [-0.4, -0.2) is 69.6 Å². The number of nitrogens with two attached hydrogens (primary N) is 1. The number of para-hydroxylation sites is 1. The second kappa shape index (κ2) is 17.6. The summed E-state index contributed by atoms with van der Waals surface area (Å²) in [6.45, 7) is 5.68. The van der Waals surface area contributed by atoms with E-state index in [1.54, 1.807) is 25.3 Å². The summed E-state index contributed by atoms with van der Waals surface area (Å²) in [5, 5.41) is 16.4. The molecule has 0 heterocycles. The minimum atomic E-state index is -0.952. The van der Waals surface area contributed by atoms with Crippen LogP contribution < -0.4 is 21.1 Å². The van der Waals surface area contributed by atoms with E-state index in [2.05, 4.69) is 24.5 Å². The smallest absolute Gasteiger partial charge is 0.255 e. The van der Waals surface area contributed by atoms with Crippen LogP contribution in [0.3, 0.4) is 0 Å². The molecule has 4 atom stereocenters. The number of benzene rings is 2. The van der Waals surface area contributed by atoms with Gasteiger partial charge < -0.3 is 35.7 Å². The Bertz CT molecular complexity index is 988.